The number of alkyl halides is 3. The minimum absolute atomic E-state index is 0.0522. The third kappa shape index (κ3) is 3.32. The van der Waals surface area contributed by atoms with Gasteiger partial charge in [0.15, 0.2) is 22.4 Å². The number of rotatable bonds is 4. The molecule has 1 heterocycles. The van der Waals surface area contributed by atoms with E-state index in [4.69, 9.17) is 5.11 Å². The van der Waals surface area contributed by atoms with Gasteiger partial charge in [-0.2, -0.15) is 13.2 Å². The van der Waals surface area contributed by atoms with Crippen molar-refractivity contribution in [2.24, 2.45) is 7.05 Å². The van der Waals surface area contributed by atoms with Gasteiger partial charge in [-0.05, 0) is 18.2 Å². The first kappa shape index (κ1) is 16.1. The second-order valence-electron chi connectivity index (χ2n) is 4.28. The van der Waals surface area contributed by atoms with Crippen LogP contribution in [-0.2, 0) is 13.2 Å². The van der Waals surface area contributed by atoms with Crippen molar-refractivity contribution < 1.29 is 28.2 Å². The summed E-state index contributed by atoms with van der Waals surface area (Å²) in [5.74, 6) is -2.59. The van der Waals surface area contributed by atoms with Crippen LogP contribution < -0.4 is 0 Å². The number of benzene rings is 1. The highest BCUT2D eigenvalue weighted by molar-refractivity contribution is 7.99. The Morgan fingerprint density at radius 1 is 1.27 bits per heavy atom. The molecule has 2 rings (SSSR count). The molecule has 0 atom stereocenters. The van der Waals surface area contributed by atoms with Gasteiger partial charge in [-0.25, -0.2) is 0 Å². The molecule has 2 N–H and O–H groups in total. The molecule has 0 radical (unpaired) electrons. The fourth-order valence-corrected chi connectivity index (χ4v) is 2.40. The second-order valence-corrected chi connectivity index (χ2v) is 5.22. The maximum Gasteiger partial charge on any atom is 0.451 e. The van der Waals surface area contributed by atoms with E-state index in [9.17, 15) is 23.1 Å². The van der Waals surface area contributed by atoms with Gasteiger partial charge in [0.2, 0.25) is 5.82 Å². The van der Waals surface area contributed by atoms with E-state index in [0.717, 1.165) is 35.5 Å². The Hall–Kier alpha value is -2.23. The van der Waals surface area contributed by atoms with E-state index in [0.29, 0.717) is 0 Å². The van der Waals surface area contributed by atoms with Crippen molar-refractivity contribution in [1.29, 1.82) is 0 Å². The van der Waals surface area contributed by atoms with E-state index < -0.39 is 23.5 Å². The number of carbonyl (C=O) groups is 1. The lowest BCUT2D eigenvalue weighted by Crippen LogP contribution is -2.13. The van der Waals surface area contributed by atoms with Crippen molar-refractivity contribution >= 4 is 17.5 Å². The molecule has 0 saturated heterocycles. The van der Waals surface area contributed by atoms with Gasteiger partial charge in [0, 0.05) is 12.6 Å². The van der Waals surface area contributed by atoms with Crippen LogP contribution in [0.15, 0.2) is 23.4 Å². The minimum atomic E-state index is -4.62. The van der Waals surface area contributed by atoms with Gasteiger partial charge in [0.25, 0.3) is 0 Å². The number of thioether (sulfide) groups is 1. The molecule has 6 nitrogen and oxygen atoms in total. The number of hydrogen-bond acceptors (Lipinski definition) is 6. The van der Waals surface area contributed by atoms with Crippen molar-refractivity contribution in [2.75, 3.05) is 5.75 Å². The van der Waals surface area contributed by atoms with Crippen LogP contribution in [0.3, 0.4) is 0 Å². The smallest absolute Gasteiger partial charge is 0.451 e. The molecule has 10 heteroatoms. The summed E-state index contributed by atoms with van der Waals surface area (Å²) in [6.45, 7) is 0. The third-order valence-electron chi connectivity index (χ3n) is 2.72. The Balaban J connectivity index is 2.08. The van der Waals surface area contributed by atoms with Crippen molar-refractivity contribution in [3.63, 3.8) is 0 Å². The first-order valence-corrected chi connectivity index (χ1v) is 6.83. The molecular formula is C12H10F3N3O3S. The number of halogens is 3. The molecule has 0 aliphatic carbocycles. The fraction of sp³-hybridized carbons (Fsp3) is 0.250. The lowest BCUT2D eigenvalue weighted by Gasteiger charge is -2.06. The van der Waals surface area contributed by atoms with Crippen LogP contribution in [0, 0.1) is 0 Å². The van der Waals surface area contributed by atoms with Crippen LogP contribution in [0.25, 0.3) is 0 Å². The van der Waals surface area contributed by atoms with Gasteiger partial charge < -0.3 is 14.8 Å². The Labute approximate surface area is 126 Å². The molecule has 0 spiro atoms. The summed E-state index contributed by atoms with van der Waals surface area (Å²) >= 11 is 0.793. The largest absolute Gasteiger partial charge is 0.504 e. The third-order valence-corrected chi connectivity index (χ3v) is 3.74. The van der Waals surface area contributed by atoms with Crippen LogP contribution in [0.1, 0.15) is 16.2 Å². The Morgan fingerprint density at radius 2 is 1.95 bits per heavy atom. The highest BCUT2D eigenvalue weighted by Crippen LogP contribution is 2.30. The molecule has 118 valence electrons. The summed E-state index contributed by atoms with van der Waals surface area (Å²) in [5, 5.41) is 24.9. The zero-order valence-electron chi connectivity index (χ0n) is 11.1. The molecule has 1 aromatic heterocycles. The second kappa shape index (κ2) is 5.87. The molecule has 0 saturated carbocycles. The quantitative estimate of drug-likeness (QED) is 0.507. The maximum atomic E-state index is 12.6. The highest BCUT2D eigenvalue weighted by Gasteiger charge is 2.37. The van der Waals surface area contributed by atoms with Crippen LogP contribution in [0.4, 0.5) is 13.2 Å². The van der Waals surface area contributed by atoms with Crippen LogP contribution in [0.2, 0.25) is 0 Å². The van der Waals surface area contributed by atoms with E-state index in [1.54, 1.807) is 0 Å². The van der Waals surface area contributed by atoms with Crippen molar-refractivity contribution in [3.8, 4) is 11.5 Å². The SMILES string of the molecule is Cn1c(SCC(=O)c2ccc(O)c(O)c2)nnc1C(F)(F)F. The summed E-state index contributed by atoms with van der Waals surface area (Å²) in [6, 6.07) is 3.53. The molecule has 0 fully saturated rings. The first-order valence-electron chi connectivity index (χ1n) is 5.84. The predicted molar refractivity (Wildman–Crippen MR) is 70.8 cm³/mol. The zero-order valence-corrected chi connectivity index (χ0v) is 11.9. The van der Waals surface area contributed by atoms with E-state index in [-0.39, 0.29) is 22.2 Å². The number of ketones is 1. The monoisotopic (exact) mass is 333 g/mol. The number of hydrogen-bond donors (Lipinski definition) is 2. The molecule has 1 aromatic carbocycles. The van der Waals surface area contributed by atoms with Crippen molar-refractivity contribution in [1.82, 2.24) is 14.8 Å². The van der Waals surface area contributed by atoms with Gasteiger partial charge >= 0.3 is 6.18 Å². The fourth-order valence-electron chi connectivity index (χ4n) is 1.60. The normalized spacial score (nSPS) is 11.6. The zero-order chi connectivity index (χ0) is 16.5. The highest BCUT2D eigenvalue weighted by atomic mass is 32.2. The number of Topliss-reactive ketones (excluding diaryl/α,β-unsaturated/α-hetero) is 1. The van der Waals surface area contributed by atoms with E-state index in [1.807, 2.05) is 0 Å². The molecule has 0 bridgehead atoms. The van der Waals surface area contributed by atoms with Gasteiger partial charge in [-0.15, -0.1) is 10.2 Å². The Morgan fingerprint density at radius 3 is 2.50 bits per heavy atom. The molecule has 22 heavy (non-hydrogen) atoms. The summed E-state index contributed by atoms with van der Waals surface area (Å²) in [4.78, 5) is 11.9. The molecular weight excluding hydrogens is 323 g/mol. The van der Waals surface area contributed by atoms with Crippen molar-refractivity contribution in [2.45, 2.75) is 11.3 Å². The Kier molecular flexibility index (Phi) is 4.31. The van der Waals surface area contributed by atoms with E-state index in [2.05, 4.69) is 10.2 Å². The lowest BCUT2D eigenvalue weighted by atomic mass is 10.1. The molecule has 0 unspecified atom stereocenters. The van der Waals surface area contributed by atoms with Gasteiger partial charge in [0.05, 0.1) is 5.75 Å². The predicted octanol–water partition coefficient (Wildman–Crippen LogP) is 2.22. The topological polar surface area (TPSA) is 88.2 Å². The van der Waals surface area contributed by atoms with E-state index >= 15 is 0 Å². The van der Waals surface area contributed by atoms with Crippen LogP contribution in [-0.4, -0.2) is 36.5 Å². The average molecular weight is 333 g/mol. The number of phenols is 2. The molecule has 0 aliphatic rings. The number of aromatic hydroxyl groups is 2. The minimum Gasteiger partial charge on any atom is -0.504 e. The summed E-state index contributed by atoms with van der Waals surface area (Å²) in [6.07, 6.45) is -4.62. The van der Waals surface area contributed by atoms with Gasteiger partial charge in [0.1, 0.15) is 0 Å². The number of nitrogens with zero attached hydrogens (tertiary/aromatic N) is 3. The summed E-state index contributed by atoms with van der Waals surface area (Å²) in [5.41, 5.74) is 0.126. The first-order chi connectivity index (χ1) is 10.2. The lowest BCUT2D eigenvalue weighted by molar-refractivity contribution is -0.147. The number of aromatic nitrogens is 3. The molecule has 2 aromatic rings. The van der Waals surface area contributed by atoms with E-state index in [1.165, 1.54) is 6.07 Å². The summed E-state index contributed by atoms with van der Waals surface area (Å²) < 4.78 is 38.4. The number of carbonyl (C=O) groups excluding carboxylic acids is 1. The Bertz CT molecular complexity index is 715. The van der Waals surface area contributed by atoms with Crippen LogP contribution in [0.5, 0.6) is 11.5 Å². The standard InChI is InChI=1S/C12H10F3N3O3S/c1-18-10(12(13,14)15)16-17-11(18)22-5-9(21)6-2-3-7(19)8(20)4-6/h2-4,19-20H,5H2,1H3. The molecule has 0 aliphatic heterocycles. The average Bonchev–Trinajstić information content (AvgIpc) is 2.80. The van der Waals surface area contributed by atoms with Gasteiger partial charge in [-0.1, -0.05) is 11.8 Å². The maximum absolute atomic E-state index is 12.6. The number of phenolic OH excluding ortho intramolecular Hbond substituents is 2. The van der Waals surface area contributed by atoms with Gasteiger partial charge in [-0.3, -0.25) is 4.79 Å². The molecule has 0 amide bonds. The van der Waals surface area contributed by atoms with Crippen molar-refractivity contribution in [3.05, 3.63) is 29.6 Å². The van der Waals surface area contributed by atoms with Crippen LogP contribution >= 0.6 is 11.8 Å². The summed E-state index contributed by atoms with van der Waals surface area (Å²) in [7, 11) is 1.15.